The molecule has 7 heteroatoms. The van der Waals surface area contributed by atoms with Crippen LogP contribution in [0.1, 0.15) is 25.0 Å². The lowest BCUT2D eigenvalue weighted by molar-refractivity contribution is -0.137. The molecular weight excluding hydrogens is 435 g/mol. The second-order valence-electron chi connectivity index (χ2n) is 8.12. The Kier molecular flexibility index (Phi) is 6.63. The van der Waals surface area contributed by atoms with Crippen LogP contribution in [0.15, 0.2) is 78.5 Å². The van der Waals surface area contributed by atoms with E-state index in [1.807, 2.05) is 13.8 Å². The van der Waals surface area contributed by atoms with Crippen molar-refractivity contribution in [2.75, 3.05) is 12.4 Å². The summed E-state index contributed by atoms with van der Waals surface area (Å²) in [6, 6.07) is 19.8. The van der Waals surface area contributed by atoms with E-state index >= 15 is 0 Å². The van der Waals surface area contributed by atoms with Crippen molar-refractivity contribution in [2.24, 2.45) is 0 Å². The van der Waals surface area contributed by atoms with Crippen LogP contribution in [0.3, 0.4) is 0 Å². The second-order valence-corrected chi connectivity index (χ2v) is 8.12. The molecular formula is C27H25FN2O4. The van der Waals surface area contributed by atoms with Gasteiger partial charge in [-0.25, -0.2) is 4.39 Å². The van der Waals surface area contributed by atoms with Crippen LogP contribution in [0.2, 0.25) is 0 Å². The summed E-state index contributed by atoms with van der Waals surface area (Å²) in [5.74, 6) is 0.0484. The van der Waals surface area contributed by atoms with Gasteiger partial charge in [0.05, 0.1) is 25.3 Å². The molecule has 1 aliphatic heterocycles. The Balaban J connectivity index is 1.66. The molecule has 0 bridgehead atoms. The first kappa shape index (κ1) is 23.0. The first-order chi connectivity index (χ1) is 16.4. The quantitative estimate of drug-likeness (QED) is 0.479. The van der Waals surface area contributed by atoms with Crippen molar-refractivity contribution in [1.82, 2.24) is 4.90 Å². The average Bonchev–Trinajstić information content (AvgIpc) is 3.05. The third kappa shape index (κ3) is 4.93. The number of hydrogen-bond acceptors (Lipinski definition) is 5. The molecule has 0 radical (unpaired) electrons. The number of nitrogens with one attached hydrogen (secondary N) is 1. The average molecular weight is 461 g/mol. The Morgan fingerprint density at radius 1 is 0.853 bits per heavy atom. The number of amides is 2. The van der Waals surface area contributed by atoms with E-state index < -0.39 is 17.6 Å². The predicted molar refractivity (Wildman–Crippen MR) is 128 cm³/mol. The lowest BCUT2D eigenvalue weighted by atomic mass is 10.0. The maximum Gasteiger partial charge on any atom is 0.278 e. The predicted octanol–water partition coefficient (Wildman–Crippen LogP) is 5.01. The van der Waals surface area contributed by atoms with E-state index in [0.717, 1.165) is 5.56 Å². The second kappa shape index (κ2) is 9.79. The van der Waals surface area contributed by atoms with E-state index in [4.69, 9.17) is 9.47 Å². The molecule has 0 spiro atoms. The fraction of sp³-hybridized carbons (Fsp3) is 0.185. The SMILES string of the molecule is COc1ccc(CN2C(=O)C(Nc3ccc(OC(C)C)cc3)=C(c3ccc(F)cc3)C2=O)cc1. The van der Waals surface area contributed by atoms with Gasteiger partial charge >= 0.3 is 0 Å². The minimum absolute atomic E-state index is 0.0344. The first-order valence-electron chi connectivity index (χ1n) is 10.9. The lowest BCUT2D eigenvalue weighted by Crippen LogP contribution is -2.32. The maximum absolute atomic E-state index is 13.5. The molecule has 0 saturated carbocycles. The molecule has 0 atom stereocenters. The molecule has 1 heterocycles. The van der Waals surface area contributed by atoms with Gasteiger partial charge in [0, 0.05) is 5.69 Å². The molecule has 2 amide bonds. The van der Waals surface area contributed by atoms with Crippen molar-refractivity contribution in [2.45, 2.75) is 26.5 Å². The van der Waals surface area contributed by atoms with Crippen molar-refractivity contribution >= 4 is 23.1 Å². The van der Waals surface area contributed by atoms with Crippen LogP contribution in [0, 0.1) is 5.82 Å². The number of rotatable bonds is 8. The highest BCUT2D eigenvalue weighted by molar-refractivity contribution is 6.36. The Hall–Kier alpha value is -4.13. The molecule has 0 aliphatic carbocycles. The summed E-state index contributed by atoms with van der Waals surface area (Å²) in [7, 11) is 1.57. The summed E-state index contributed by atoms with van der Waals surface area (Å²) in [4.78, 5) is 27.9. The zero-order chi connectivity index (χ0) is 24.2. The number of halogens is 1. The number of benzene rings is 3. The minimum atomic E-state index is -0.456. The van der Waals surface area contributed by atoms with E-state index in [-0.39, 0.29) is 23.9 Å². The summed E-state index contributed by atoms with van der Waals surface area (Å²) in [6.45, 7) is 3.97. The van der Waals surface area contributed by atoms with Gasteiger partial charge in [0.1, 0.15) is 23.0 Å². The fourth-order valence-electron chi connectivity index (χ4n) is 3.67. The number of nitrogens with zero attached hydrogens (tertiary/aromatic N) is 1. The highest BCUT2D eigenvalue weighted by Gasteiger charge is 2.39. The van der Waals surface area contributed by atoms with Crippen molar-refractivity contribution < 1.29 is 23.5 Å². The number of methoxy groups -OCH3 is 1. The van der Waals surface area contributed by atoms with E-state index in [1.54, 1.807) is 55.6 Å². The highest BCUT2D eigenvalue weighted by Crippen LogP contribution is 2.32. The number of carbonyl (C=O) groups excluding carboxylic acids is 2. The van der Waals surface area contributed by atoms with Crippen LogP contribution in [-0.2, 0) is 16.1 Å². The summed E-state index contributed by atoms with van der Waals surface area (Å²) in [6.07, 6.45) is 0.0344. The Bertz CT molecular complexity index is 1220. The van der Waals surface area contributed by atoms with Gasteiger partial charge in [0.2, 0.25) is 0 Å². The van der Waals surface area contributed by atoms with Gasteiger partial charge in [-0.2, -0.15) is 0 Å². The standard InChI is InChI=1S/C27H25FN2O4/c1-17(2)34-23-14-10-21(11-15-23)29-25-24(19-6-8-20(28)9-7-19)26(31)30(27(25)32)16-18-4-12-22(33-3)13-5-18/h4-15,17,29H,16H2,1-3H3. The summed E-state index contributed by atoms with van der Waals surface area (Å²) in [5.41, 5.74) is 2.19. The smallest absolute Gasteiger partial charge is 0.278 e. The van der Waals surface area contributed by atoms with Crippen LogP contribution < -0.4 is 14.8 Å². The molecule has 0 fully saturated rings. The highest BCUT2D eigenvalue weighted by atomic mass is 19.1. The largest absolute Gasteiger partial charge is 0.497 e. The molecule has 1 N–H and O–H groups in total. The van der Waals surface area contributed by atoms with Crippen LogP contribution in [0.25, 0.3) is 5.57 Å². The molecule has 4 rings (SSSR count). The van der Waals surface area contributed by atoms with Gasteiger partial charge in [0.15, 0.2) is 0 Å². The summed E-state index contributed by atoms with van der Waals surface area (Å²) in [5, 5.41) is 3.10. The molecule has 174 valence electrons. The number of imide groups is 1. The monoisotopic (exact) mass is 460 g/mol. The Morgan fingerprint density at radius 2 is 1.47 bits per heavy atom. The van der Waals surface area contributed by atoms with Crippen molar-refractivity contribution in [3.05, 3.63) is 95.4 Å². The van der Waals surface area contributed by atoms with E-state index in [0.29, 0.717) is 22.7 Å². The number of ether oxygens (including phenoxy) is 2. The third-order valence-corrected chi connectivity index (χ3v) is 5.30. The zero-order valence-electron chi connectivity index (χ0n) is 19.2. The van der Waals surface area contributed by atoms with Crippen LogP contribution in [0.4, 0.5) is 10.1 Å². The van der Waals surface area contributed by atoms with Gasteiger partial charge < -0.3 is 14.8 Å². The van der Waals surface area contributed by atoms with Gasteiger partial charge in [-0.05, 0) is 73.5 Å². The Labute approximate surface area is 197 Å². The Morgan fingerprint density at radius 3 is 2.06 bits per heavy atom. The van der Waals surface area contributed by atoms with E-state index in [1.165, 1.54) is 29.2 Å². The summed E-state index contributed by atoms with van der Waals surface area (Å²) >= 11 is 0. The molecule has 0 aromatic heterocycles. The molecule has 0 unspecified atom stereocenters. The first-order valence-corrected chi connectivity index (χ1v) is 10.9. The van der Waals surface area contributed by atoms with E-state index in [2.05, 4.69) is 5.32 Å². The van der Waals surface area contributed by atoms with Crippen molar-refractivity contribution in [3.63, 3.8) is 0 Å². The maximum atomic E-state index is 13.5. The zero-order valence-corrected chi connectivity index (χ0v) is 19.2. The molecule has 3 aromatic rings. The van der Waals surface area contributed by atoms with Crippen molar-refractivity contribution in [1.29, 1.82) is 0 Å². The van der Waals surface area contributed by atoms with Gasteiger partial charge in [0.25, 0.3) is 11.8 Å². The molecule has 34 heavy (non-hydrogen) atoms. The van der Waals surface area contributed by atoms with E-state index in [9.17, 15) is 14.0 Å². The number of anilines is 1. The van der Waals surface area contributed by atoms with Crippen LogP contribution in [-0.4, -0.2) is 29.9 Å². The molecule has 0 saturated heterocycles. The fourth-order valence-corrected chi connectivity index (χ4v) is 3.67. The topological polar surface area (TPSA) is 67.9 Å². The number of hydrogen-bond donors (Lipinski definition) is 1. The minimum Gasteiger partial charge on any atom is -0.497 e. The molecule has 3 aromatic carbocycles. The molecule has 6 nitrogen and oxygen atoms in total. The van der Waals surface area contributed by atoms with Crippen molar-refractivity contribution in [3.8, 4) is 11.5 Å². The summed E-state index contributed by atoms with van der Waals surface area (Å²) < 4.78 is 24.4. The lowest BCUT2D eigenvalue weighted by Gasteiger charge is -2.16. The molecule has 1 aliphatic rings. The van der Waals surface area contributed by atoms with Crippen LogP contribution in [0.5, 0.6) is 11.5 Å². The van der Waals surface area contributed by atoms with Gasteiger partial charge in [-0.3, -0.25) is 14.5 Å². The number of carbonyl (C=O) groups is 2. The third-order valence-electron chi connectivity index (χ3n) is 5.30. The van der Waals surface area contributed by atoms with Gasteiger partial charge in [-0.1, -0.05) is 24.3 Å². The van der Waals surface area contributed by atoms with Crippen LogP contribution >= 0.6 is 0 Å². The normalized spacial score (nSPS) is 13.6. The van der Waals surface area contributed by atoms with Gasteiger partial charge in [-0.15, -0.1) is 0 Å².